The Hall–Kier alpha value is -1.75. The first kappa shape index (κ1) is 13.2. The summed E-state index contributed by atoms with van der Waals surface area (Å²) in [5, 5.41) is 2.92. The van der Waals surface area contributed by atoms with Gasteiger partial charge in [-0.15, -0.1) is 0 Å². The summed E-state index contributed by atoms with van der Waals surface area (Å²) in [7, 11) is 0. The average Bonchev–Trinajstić information content (AvgIpc) is 2.86. The van der Waals surface area contributed by atoms with Crippen molar-refractivity contribution in [3.05, 3.63) is 18.2 Å². The molecule has 5 nitrogen and oxygen atoms in total. The van der Waals surface area contributed by atoms with Crippen LogP contribution in [0.2, 0.25) is 0 Å². The lowest BCUT2D eigenvalue weighted by molar-refractivity contribution is -0.117. The third-order valence-electron chi connectivity index (χ3n) is 3.76. The summed E-state index contributed by atoms with van der Waals surface area (Å²) in [6.45, 7) is 4.96. The number of rotatable bonds is 3. The smallest absolute Gasteiger partial charge is 0.238 e. The minimum Gasteiger partial charge on any atom is -0.454 e. The molecule has 2 heterocycles. The molecule has 1 aromatic carbocycles. The monoisotopic (exact) mass is 276 g/mol. The van der Waals surface area contributed by atoms with Crippen LogP contribution in [0.5, 0.6) is 11.5 Å². The maximum Gasteiger partial charge on any atom is 0.238 e. The van der Waals surface area contributed by atoms with Crippen molar-refractivity contribution in [3.8, 4) is 11.5 Å². The summed E-state index contributed by atoms with van der Waals surface area (Å²) in [5.41, 5.74) is 0.754. The second-order valence-corrected chi connectivity index (χ2v) is 5.60. The number of anilines is 1. The number of nitrogens with zero attached hydrogens (tertiary/aromatic N) is 1. The van der Waals surface area contributed by atoms with Crippen LogP contribution in [0.3, 0.4) is 0 Å². The Balaban J connectivity index is 1.56. The highest BCUT2D eigenvalue weighted by molar-refractivity contribution is 5.92. The SMILES string of the molecule is C[C@H]1CCCN(CC(=O)Nc2ccc3c(c2)OCO3)C1. The van der Waals surface area contributed by atoms with Crippen LogP contribution in [0, 0.1) is 5.92 Å². The Bertz CT molecular complexity index is 504. The van der Waals surface area contributed by atoms with E-state index < -0.39 is 0 Å². The molecule has 0 saturated carbocycles. The number of hydrogen-bond acceptors (Lipinski definition) is 4. The van der Waals surface area contributed by atoms with Crippen molar-refractivity contribution < 1.29 is 14.3 Å². The number of nitrogens with one attached hydrogen (secondary N) is 1. The number of ether oxygens (including phenoxy) is 2. The molecule has 0 radical (unpaired) electrons. The average molecular weight is 276 g/mol. The van der Waals surface area contributed by atoms with Crippen molar-refractivity contribution >= 4 is 11.6 Å². The third kappa shape index (κ3) is 3.04. The Morgan fingerprint density at radius 1 is 1.40 bits per heavy atom. The number of fused-ring (bicyclic) bond motifs is 1. The van der Waals surface area contributed by atoms with Crippen LogP contribution in [-0.2, 0) is 4.79 Å². The fourth-order valence-electron chi connectivity index (χ4n) is 2.81. The van der Waals surface area contributed by atoms with Gasteiger partial charge in [-0.3, -0.25) is 9.69 Å². The summed E-state index contributed by atoms with van der Waals surface area (Å²) in [6.07, 6.45) is 2.44. The topological polar surface area (TPSA) is 50.8 Å². The molecule has 1 saturated heterocycles. The van der Waals surface area contributed by atoms with Gasteiger partial charge in [0, 0.05) is 18.3 Å². The van der Waals surface area contributed by atoms with Crippen molar-refractivity contribution in [3.63, 3.8) is 0 Å². The standard InChI is InChI=1S/C15H20N2O3/c1-11-3-2-6-17(8-11)9-15(18)16-12-4-5-13-14(7-12)20-10-19-13/h4-5,7,11H,2-3,6,8-10H2,1H3,(H,16,18)/t11-/m0/s1. The lowest BCUT2D eigenvalue weighted by atomic mass is 10.0. The van der Waals surface area contributed by atoms with Gasteiger partial charge >= 0.3 is 0 Å². The minimum atomic E-state index is 0.0259. The van der Waals surface area contributed by atoms with Crippen molar-refractivity contribution in [1.29, 1.82) is 0 Å². The minimum absolute atomic E-state index is 0.0259. The van der Waals surface area contributed by atoms with E-state index in [-0.39, 0.29) is 12.7 Å². The fraction of sp³-hybridized carbons (Fsp3) is 0.533. The van der Waals surface area contributed by atoms with Crippen LogP contribution in [-0.4, -0.2) is 37.2 Å². The normalized spacial score (nSPS) is 21.8. The maximum absolute atomic E-state index is 12.1. The highest BCUT2D eigenvalue weighted by Gasteiger charge is 2.19. The van der Waals surface area contributed by atoms with Gasteiger partial charge in [-0.1, -0.05) is 6.92 Å². The third-order valence-corrected chi connectivity index (χ3v) is 3.76. The van der Waals surface area contributed by atoms with Gasteiger partial charge in [0.15, 0.2) is 11.5 Å². The molecule has 108 valence electrons. The van der Waals surface area contributed by atoms with Crippen LogP contribution in [0.15, 0.2) is 18.2 Å². The van der Waals surface area contributed by atoms with Crippen LogP contribution < -0.4 is 14.8 Å². The number of carbonyl (C=O) groups is 1. The zero-order chi connectivity index (χ0) is 13.9. The van der Waals surface area contributed by atoms with Crippen LogP contribution >= 0.6 is 0 Å². The zero-order valence-corrected chi connectivity index (χ0v) is 11.7. The number of benzene rings is 1. The lowest BCUT2D eigenvalue weighted by Crippen LogP contribution is -2.39. The molecule has 3 rings (SSSR count). The predicted octanol–water partition coefficient (Wildman–Crippen LogP) is 2.09. The van der Waals surface area contributed by atoms with E-state index in [1.165, 1.54) is 12.8 Å². The molecule has 5 heteroatoms. The van der Waals surface area contributed by atoms with Gasteiger partial charge in [0.25, 0.3) is 0 Å². The molecule has 1 fully saturated rings. The Morgan fingerprint density at radius 3 is 3.10 bits per heavy atom. The molecule has 0 aromatic heterocycles. The quantitative estimate of drug-likeness (QED) is 0.918. The first-order chi connectivity index (χ1) is 9.70. The number of carbonyl (C=O) groups excluding carboxylic acids is 1. The van der Waals surface area contributed by atoms with Gasteiger partial charge in [-0.05, 0) is 37.4 Å². The van der Waals surface area contributed by atoms with Gasteiger partial charge in [-0.2, -0.15) is 0 Å². The molecule has 0 spiro atoms. The highest BCUT2D eigenvalue weighted by atomic mass is 16.7. The summed E-state index contributed by atoms with van der Waals surface area (Å²) >= 11 is 0. The maximum atomic E-state index is 12.1. The molecule has 1 N–H and O–H groups in total. The molecule has 2 aliphatic heterocycles. The molecule has 1 atom stereocenters. The molecule has 2 aliphatic rings. The first-order valence-electron chi connectivity index (χ1n) is 7.12. The van der Waals surface area contributed by atoms with Gasteiger partial charge in [0.05, 0.1) is 6.54 Å². The van der Waals surface area contributed by atoms with Crippen LogP contribution in [0.4, 0.5) is 5.69 Å². The predicted molar refractivity (Wildman–Crippen MR) is 76.0 cm³/mol. The van der Waals surface area contributed by atoms with Crippen LogP contribution in [0.1, 0.15) is 19.8 Å². The second-order valence-electron chi connectivity index (χ2n) is 5.60. The van der Waals surface area contributed by atoms with Crippen molar-refractivity contribution in [2.45, 2.75) is 19.8 Å². The molecule has 0 unspecified atom stereocenters. The molecular weight excluding hydrogens is 256 g/mol. The van der Waals surface area contributed by atoms with E-state index in [9.17, 15) is 4.79 Å². The van der Waals surface area contributed by atoms with Crippen molar-refractivity contribution in [2.24, 2.45) is 5.92 Å². The van der Waals surface area contributed by atoms with E-state index in [4.69, 9.17) is 9.47 Å². The second kappa shape index (κ2) is 5.71. The molecule has 0 bridgehead atoms. The van der Waals surface area contributed by atoms with E-state index in [0.29, 0.717) is 18.2 Å². The van der Waals surface area contributed by atoms with Crippen molar-refractivity contribution in [2.75, 3.05) is 31.7 Å². The Labute approximate surface area is 118 Å². The Morgan fingerprint density at radius 2 is 2.25 bits per heavy atom. The lowest BCUT2D eigenvalue weighted by Gasteiger charge is -2.30. The van der Waals surface area contributed by atoms with Gasteiger partial charge < -0.3 is 14.8 Å². The molecule has 1 amide bonds. The summed E-state index contributed by atoms with van der Waals surface area (Å²) in [4.78, 5) is 14.3. The fourth-order valence-corrected chi connectivity index (χ4v) is 2.81. The summed E-state index contributed by atoms with van der Waals surface area (Å²) < 4.78 is 10.5. The van der Waals surface area contributed by atoms with E-state index >= 15 is 0 Å². The largest absolute Gasteiger partial charge is 0.454 e. The van der Waals surface area contributed by atoms with Crippen LogP contribution in [0.25, 0.3) is 0 Å². The number of amides is 1. The van der Waals surface area contributed by atoms with E-state index in [1.807, 2.05) is 12.1 Å². The van der Waals surface area contributed by atoms with E-state index in [2.05, 4.69) is 17.1 Å². The Kier molecular flexibility index (Phi) is 3.78. The number of piperidine rings is 1. The molecular formula is C15H20N2O3. The van der Waals surface area contributed by atoms with Gasteiger partial charge in [0.1, 0.15) is 0 Å². The first-order valence-corrected chi connectivity index (χ1v) is 7.12. The molecule has 1 aromatic rings. The van der Waals surface area contributed by atoms with Gasteiger partial charge in [-0.25, -0.2) is 0 Å². The van der Waals surface area contributed by atoms with E-state index in [0.717, 1.165) is 24.5 Å². The molecule has 0 aliphatic carbocycles. The molecule has 20 heavy (non-hydrogen) atoms. The highest BCUT2D eigenvalue weighted by Crippen LogP contribution is 2.34. The van der Waals surface area contributed by atoms with E-state index in [1.54, 1.807) is 6.07 Å². The van der Waals surface area contributed by atoms with Crippen molar-refractivity contribution in [1.82, 2.24) is 4.90 Å². The zero-order valence-electron chi connectivity index (χ0n) is 11.7. The summed E-state index contributed by atoms with van der Waals surface area (Å²) in [5.74, 6) is 2.13. The number of likely N-dealkylation sites (tertiary alicyclic amines) is 1. The number of hydrogen-bond donors (Lipinski definition) is 1. The summed E-state index contributed by atoms with van der Waals surface area (Å²) in [6, 6.07) is 5.46. The van der Waals surface area contributed by atoms with Gasteiger partial charge in [0.2, 0.25) is 12.7 Å².